The maximum Gasteiger partial charge on any atom is 0.221 e. The number of nitrogens with one attached hydrogen (secondary N) is 2. The number of carbonyl (C=O) groups excluding carboxylic acids is 1. The molecule has 0 spiro atoms. The van der Waals surface area contributed by atoms with Gasteiger partial charge in [0, 0.05) is 26.1 Å². The van der Waals surface area contributed by atoms with Crippen LogP contribution in [0.2, 0.25) is 0 Å². The third-order valence-electron chi connectivity index (χ3n) is 2.82. The van der Waals surface area contributed by atoms with Crippen LogP contribution in [-0.2, 0) is 4.79 Å². The van der Waals surface area contributed by atoms with E-state index < -0.39 is 0 Å². The standard InChI is InChI=1S/C9H17N3O/c13-9-3-6-12(7-5-11-9)8-2-1-4-10-8/h8,10H,1-7H2,(H,11,13). The fraction of sp³-hybridized carbons (Fsp3) is 0.889. The van der Waals surface area contributed by atoms with E-state index in [0.717, 1.165) is 26.2 Å². The van der Waals surface area contributed by atoms with Crippen LogP contribution in [0.5, 0.6) is 0 Å². The summed E-state index contributed by atoms with van der Waals surface area (Å²) in [5, 5.41) is 6.35. The molecule has 0 aromatic rings. The van der Waals surface area contributed by atoms with Crippen molar-refractivity contribution in [2.45, 2.75) is 25.4 Å². The van der Waals surface area contributed by atoms with Gasteiger partial charge in [-0.1, -0.05) is 0 Å². The second-order valence-corrected chi connectivity index (χ2v) is 3.75. The lowest BCUT2D eigenvalue weighted by Crippen LogP contribution is -2.43. The first-order valence-corrected chi connectivity index (χ1v) is 5.10. The molecule has 4 heteroatoms. The lowest BCUT2D eigenvalue weighted by Gasteiger charge is -2.26. The van der Waals surface area contributed by atoms with E-state index in [1.165, 1.54) is 12.8 Å². The van der Waals surface area contributed by atoms with Crippen LogP contribution < -0.4 is 10.6 Å². The number of rotatable bonds is 1. The van der Waals surface area contributed by atoms with Gasteiger partial charge < -0.3 is 10.6 Å². The van der Waals surface area contributed by atoms with Crippen LogP contribution in [0.15, 0.2) is 0 Å². The van der Waals surface area contributed by atoms with Crippen molar-refractivity contribution < 1.29 is 4.79 Å². The first kappa shape index (κ1) is 8.97. The molecule has 13 heavy (non-hydrogen) atoms. The molecule has 0 bridgehead atoms. The van der Waals surface area contributed by atoms with E-state index in [-0.39, 0.29) is 5.91 Å². The van der Waals surface area contributed by atoms with Gasteiger partial charge in [0.1, 0.15) is 0 Å². The van der Waals surface area contributed by atoms with E-state index in [1.54, 1.807) is 0 Å². The van der Waals surface area contributed by atoms with Crippen LogP contribution in [-0.4, -0.2) is 43.2 Å². The van der Waals surface area contributed by atoms with Crippen molar-refractivity contribution in [2.75, 3.05) is 26.2 Å². The molecule has 0 radical (unpaired) electrons. The average molecular weight is 183 g/mol. The summed E-state index contributed by atoms with van der Waals surface area (Å²) in [5.41, 5.74) is 0. The number of hydrogen-bond acceptors (Lipinski definition) is 3. The summed E-state index contributed by atoms with van der Waals surface area (Å²) in [4.78, 5) is 13.5. The van der Waals surface area contributed by atoms with Crippen molar-refractivity contribution >= 4 is 5.91 Å². The molecule has 1 amide bonds. The molecule has 1 atom stereocenters. The predicted octanol–water partition coefficient (Wildman–Crippen LogP) is -0.482. The summed E-state index contributed by atoms with van der Waals surface area (Å²) in [6, 6.07) is 0. The van der Waals surface area contributed by atoms with Crippen molar-refractivity contribution in [2.24, 2.45) is 0 Å². The summed E-state index contributed by atoms with van der Waals surface area (Å²) in [6.45, 7) is 3.83. The molecule has 4 nitrogen and oxygen atoms in total. The Balaban J connectivity index is 1.87. The molecule has 2 saturated heterocycles. The minimum absolute atomic E-state index is 0.195. The third kappa shape index (κ3) is 2.19. The van der Waals surface area contributed by atoms with E-state index in [9.17, 15) is 4.79 Å². The second kappa shape index (κ2) is 4.07. The highest BCUT2D eigenvalue weighted by atomic mass is 16.1. The highest BCUT2D eigenvalue weighted by molar-refractivity contribution is 5.76. The Labute approximate surface area is 78.7 Å². The van der Waals surface area contributed by atoms with Gasteiger partial charge in [-0.25, -0.2) is 0 Å². The minimum atomic E-state index is 0.195. The Hall–Kier alpha value is -0.610. The number of hydrogen-bond donors (Lipinski definition) is 2. The fourth-order valence-electron chi connectivity index (χ4n) is 2.07. The van der Waals surface area contributed by atoms with Gasteiger partial charge in [0.15, 0.2) is 0 Å². The van der Waals surface area contributed by atoms with E-state index in [1.807, 2.05) is 0 Å². The summed E-state index contributed by atoms with van der Waals surface area (Å²) in [6.07, 6.45) is 3.67. The zero-order valence-electron chi connectivity index (χ0n) is 7.88. The third-order valence-corrected chi connectivity index (χ3v) is 2.82. The van der Waals surface area contributed by atoms with Crippen LogP contribution in [0.3, 0.4) is 0 Å². The Bertz CT molecular complexity index is 189. The van der Waals surface area contributed by atoms with Crippen molar-refractivity contribution in [1.29, 1.82) is 0 Å². The summed E-state index contributed by atoms with van der Waals surface area (Å²) >= 11 is 0. The molecule has 2 N–H and O–H groups in total. The van der Waals surface area contributed by atoms with Gasteiger partial charge in [0.25, 0.3) is 0 Å². The van der Waals surface area contributed by atoms with Crippen LogP contribution in [0.4, 0.5) is 0 Å². The zero-order valence-corrected chi connectivity index (χ0v) is 7.88. The van der Waals surface area contributed by atoms with Crippen LogP contribution in [0.25, 0.3) is 0 Å². The zero-order chi connectivity index (χ0) is 9.10. The van der Waals surface area contributed by atoms with Gasteiger partial charge in [-0.05, 0) is 19.4 Å². The summed E-state index contributed by atoms with van der Waals surface area (Å²) < 4.78 is 0. The Morgan fingerprint density at radius 1 is 1.31 bits per heavy atom. The lowest BCUT2D eigenvalue weighted by atomic mass is 10.3. The van der Waals surface area contributed by atoms with E-state index in [4.69, 9.17) is 0 Å². The molecule has 2 aliphatic rings. The Morgan fingerprint density at radius 3 is 3.00 bits per heavy atom. The van der Waals surface area contributed by atoms with Gasteiger partial charge in [0.2, 0.25) is 5.91 Å². The smallest absolute Gasteiger partial charge is 0.221 e. The van der Waals surface area contributed by atoms with Gasteiger partial charge in [-0.15, -0.1) is 0 Å². The first-order chi connectivity index (χ1) is 6.36. The normalized spacial score (nSPS) is 31.4. The monoisotopic (exact) mass is 183 g/mol. The molecule has 2 heterocycles. The van der Waals surface area contributed by atoms with Gasteiger partial charge >= 0.3 is 0 Å². The average Bonchev–Trinajstić information content (AvgIpc) is 2.56. The van der Waals surface area contributed by atoms with Gasteiger partial charge in [-0.2, -0.15) is 0 Å². The van der Waals surface area contributed by atoms with E-state index in [2.05, 4.69) is 15.5 Å². The fourth-order valence-corrected chi connectivity index (χ4v) is 2.07. The summed E-state index contributed by atoms with van der Waals surface area (Å²) in [5.74, 6) is 0.195. The van der Waals surface area contributed by atoms with Crippen molar-refractivity contribution in [1.82, 2.24) is 15.5 Å². The molecular formula is C9H17N3O. The van der Waals surface area contributed by atoms with Crippen molar-refractivity contribution in [3.05, 3.63) is 0 Å². The molecule has 74 valence electrons. The molecule has 0 saturated carbocycles. The largest absolute Gasteiger partial charge is 0.355 e. The number of nitrogens with zero attached hydrogens (tertiary/aromatic N) is 1. The van der Waals surface area contributed by atoms with Crippen molar-refractivity contribution in [3.63, 3.8) is 0 Å². The topological polar surface area (TPSA) is 44.4 Å². The Morgan fingerprint density at radius 2 is 2.23 bits per heavy atom. The maximum atomic E-state index is 11.1. The predicted molar refractivity (Wildman–Crippen MR) is 50.2 cm³/mol. The van der Waals surface area contributed by atoms with Crippen LogP contribution in [0.1, 0.15) is 19.3 Å². The number of amides is 1. The van der Waals surface area contributed by atoms with Crippen LogP contribution in [0, 0.1) is 0 Å². The minimum Gasteiger partial charge on any atom is -0.355 e. The molecule has 0 aromatic heterocycles. The lowest BCUT2D eigenvalue weighted by molar-refractivity contribution is -0.120. The molecule has 2 aliphatic heterocycles. The molecule has 2 fully saturated rings. The Kier molecular flexibility index (Phi) is 2.80. The van der Waals surface area contributed by atoms with Crippen LogP contribution >= 0.6 is 0 Å². The molecule has 0 aliphatic carbocycles. The molecular weight excluding hydrogens is 166 g/mol. The highest BCUT2D eigenvalue weighted by Crippen LogP contribution is 2.11. The maximum absolute atomic E-state index is 11.1. The van der Waals surface area contributed by atoms with E-state index >= 15 is 0 Å². The molecule has 0 aromatic carbocycles. The van der Waals surface area contributed by atoms with E-state index in [0.29, 0.717) is 12.6 Å². The second-order valence-electron chi connectivity index (χ2n) is 3.75. The number of carbonyl (C=O) groups is 1. The quantitative estimate of drug-likeness (QED) is 0.577. The molecule has 1 unspecified atom stereocenters. The summed E-state index contributed by atoms with van der Waals surface area (Å²) in [7, 11) is 0. The van der Waals surface area contributed by atoms with Crippen molar-refractivity contribution in [3.8, 4) is 0 Å². The SMILES string of the molecule is O=C1CCN(C2CCCN2)CCN1. The first-order valence-electron chi connectivity index (χ1n) is 5.10. The van der Waals surface area contributed by atoms with Gasteiger partial charge in [-0.3, -0.25) is 9.69 Å². The highest BCUT2D eigenvalue weighted by Gasteiger charge is 2.23. The molecule has 2 rings (SSSR count). The van der Waals surface area contributed by atoms with Gasteiger partial charge in [0.05, 0.1) is 6.17 Å².